The van der Waals surface area contributed by atoms with Gasteiger partial charge in [-0.1, -0.05) is 42.5 Å². The Labute approximate surface area is 226 Å². The molecule has 0 spiro atoms. The van der Waals surface area contributed by atoms with Gasteiger partial charge in [0.2, 0.25) is 5.91 Å². The summed E-state index contributed by atoms with van der Waals surface area (Å²) in [5, 5.41) is 21.0. The highest BCUT2D eigenvalue weighted by molar-refractivity contribution is 6.31. The number of nitrogens with one attached hydrogen (secondary N) is 1. The summed E-state index contributed by atoms with van der Waals surface area (Å²) in [4.78, 5) is 31.5. The lowest BCUT2D eigenvalue weighted by molar-refractivity contribution is -0.119. The lowest BCUT2D eigenvalue weighted by atomic mass is 9.76. The van der Waals surface area contributed by atoms with Gasteiger partial charge < -0.3 is 5.32 Å². The third kappa shape index (κ3) is 5.14. The van der Waals surface area contributed by atoms with Crippen LogP contribution in [0, 0.1) is 35.0 Å². The maximum absolute atomic E-state index is 12.7. The van der Waals surface area contributed by atoms with Crippen molar-refractivity contribution in [1.29, 1.82) is 5.26 Å². The molecule has 2 aromatic rings. The number of carbonyl (C=O) groups is 2. The predicted octanol–water partition coefficient (Wildman–Crippen LogP) is 4.17. The molecular weight excluding hydrogens is 502 g/mol. The second-order valence-electron chi connectivity index (χ2n) is 10.5. The van der Waals surface area contributed by atoms with E-state index in [-0.39, 0.29) is 35.5 Å². The number of hydrogen-bond donors (Lipinski definition) is 1. The SMILES string of the molecule is C=C/C(Cl)=C\C=C(\C#N)CC1CC(NC(=O)c2cn(C(C)c3ccc(N4CC5C(C)C5C4=O)nc3)nn2)C1. The van der Waals surface area contributed by atoms with Crippen LogP contribution in [0.1, 0.15) is 55.2 Å². The zero-order chi connectivity index (χ0) is 27.0. The zero-order valence-electron chi connectivity index (χ0n) is 21.4. The molecule has 0 bridgehead atoms. The van der Waals surface area contributed by atoms with E-state index in [0.29, 0.717) is 40.6 Å². The Bertz CT molecular complexity index is 1350. The van der Waals surface area contributed by atoms with Crippen LogP contribution in [0.15, 0.2) is 59.9 Å². The Morgan fingerprint density at radius 2 is 2.16 bits per heavy atom. The molecule has 1 aliphatic heterocycles. The van der Waals surface area contributed by atoms with Gasteiger partial charge in [-0.05, 0) is 67.7 Å². The number of hydrogen-bond acceptors (Lipinski definition) is 6. The third-order valence-electron chi connectivity index (χ3n) is 8.04. The molecular formula is C28H30ClN7O2. The van der Waals surface area contributed by atoms with Crippen LogP contribution in [0.25, 0.3) is 0 Å². The summed E-state index contributed by atoms with van der Waals surface area (Å²) in [7, 11) is 0. The van der Waals surface area contributed by atoms with Gasteiger partial charge in [-0.3, -0.25) is 14.5 Å². The van der Waals surface area contributed by atoms with Crippen LogP contribution in [-0.4, -0.2) is 44.4 Å². The molecule has 2 saturated carbocycles. The van der Waals surface area contributed by atoms with Crippen molar-refractivity contribution in [3.05, 3.63) is 71.2 Å². The molecule has 1 N–H and O–H groups in total. The van der Waals surface area contributed by atoms with Gasteiger partial charge in [-0.2, -0.15) is 5.26 Å². The summed E-state index contributed by atoms with van der Waals surface area (Å²) in [6.45, 7) is 8.42. The Morgan fingerprint density at radius 1 is 1.37 bits per heavy atom. The number of pyridine rings is 1. The van der Waals surface area contributed by atoms with E-state index < -0.39 is 0 Å². The first-order valence-corrected chi connectivity index (χ1v) is 13.3. The van der Waals surface area contributed by atoms with Gasteiger partial charge in [0.15, 0.2) is 5.69 Å². The number of amides is 2. The maximum Gasteiger partial charge on any atom is 0.273 e. The van der Waals surface area contributed by atoms with Crippen LogP contribution in [0.4, 0.5) is 5.82 Å². The predicted molar refractivity (Wildman–Crippen MR) is 143 cm³/mol. The van der Waals surface area contributed by atoms with Crippen LogP contribution in [0.5, 0.6) is 0 Å². The highest BCUT2D eigenvalue weighted by Crippen LogP contribution is 2.52. The number of carbonyl (C=O) groups excluding carboxylic acids is 2. The minimum Gasteiger partial charge on any atom is -0.348 e. The van der Waals surface area contributed by atoms with Gasteiger partial charge in [-0.25, -0.2) is 9.67 Å². The summed E-state index contributed by atoms with van der Waals surface area (Å²) in [5.74, 6) is 2.04. The molecule has 9 nitrogen and oxygen atoms in total. The van der Waals surface area contributed by atoms with Crippen molar-refractivity contribution in [2.24, 2.45) is 23.7 Å². The first-order valence-electron chi connectivity index (χ1n) is 12.9. The van der Waals surface area contributed by atoms with E-state index in [1.54, 1.807) is 34.1 Å². The van der Waals surface area contributed by atoms with Crippen LogP contribution >= 0.6 is 11.6 Å². The minimum absolute atomic E-state index is 0.0430. The van der Waals surface area contributed by atoms with Crippen molar-refractivity contribution in [3.63, 3.8) is 0 Å². The van der Waals surface area contributed by atoms with Gasteiger partial charge in [0.1, 0.15) is 5.82 Å². The van der Waals surface area contributed by atoms with E-state index in [4.69, 9.17) is 11.6 Å². The Morgan fingerprint density at radius 3 is 2.79 bits per heavy atom. The van der Waals surface area contributed by atoms with Gasteiger partial charge in [0.25, 0.3) is 5.91 Å². The molecule has 0 radical (unpaired) electrons. The number of nitrogens with zero attached hydrogens (tertiary/aromatic N) is 6. The molecule has 5 rings (SSSR count). The molecule has 2 amide bonds. The molecule has 3 aliphatic rings. The lowest BCUT2D eigenvalue weighted by Crippen LogP contribution is -2.44. The molecule has 3 heterocycles. The molecule has 2 aliphatic carbocycles. The van der Waals surface area contributed by atoms with Gasteiger partial charge >= 0.3 is 0 Å². The van der Waals surface area contributed by atoms with Gasteiger partial charge in [-0.15, -0.1) is 5.10 Å². The first kappa shape index (κ1) is 25.9. The van der Waals surface area contributed by atoms with Gasteiger partial charge in [0.05, 0.1) is 18.3 Å². The fourth-order valence-electron chi connectivity index (χ4n) is 5.44. The van der Waals surface area contributed by atoms with Crippen molar-refractivity contribution in [1.82, 2.24) is 25.3 Å². The van der Waals surface area contributed by atoms with E-state index in [9.17, 15) is 14.9 Å². The largest absolute Gasteiger partial charge is 0.348 e. The monoisotopic (exact) mass is 531 g/mol. The summed E-state index contributed by atoms with van der Waals surface area (Å²) in [5.41, 5.74) is 1.81. The van der Waals surface area contributed by atoms with Crippen molar-refractivity contribution < 1.29 is 9.59 Å². The third-order valence-corrected chi connectivity index (χ3v) is 8.32. The number of piperidine rings is 1. The van der Waals surface area contributed by atoms with Crippen LogP contribution in [0.3, 0.4) is 0 Å². The second kappa shape index (κ2) is 10.5. The second-order valence-corrected chi connectivity index (χ2v) is 10.9. The van der Waals surface area contributed by atoms with Crippen LogP contribution in [0.2, 0.25) is 0 Å². The molecule has 3 fully saturated rings. The number of nitriles is 1. The zero-order valence-corrected chi connectivity index (χ0v) is 22.2. The number of rotatable bonds is 9. The lowest BCUT2D eigenvalue weighted by Gasteiger charge is -2.35. The number of fused-ring (bicyclic) bond motifs is 1. The Kier molecular flexibility index (Phi) is 7.17. The topological polar surface area (TPSA) is 117 Å². The molecule has 4 atom stereocenters. The summed E-state index contributed by atoms with van der Waals surface area (Å²) < 4.78 is 1.64. The summed E-state index contributed by atoms with van der Waals surface area (Å²) >= 11 is 5.90. The fraction of sp³-hybridized carbons (Fsp3) is 0.429. The normalized spacial score (nSPS) is 27.3. The van der Waals surface area contributed by atoms with Crippen LogP contribution < -0.4 is 10.2 Å². The van der Waals surface area contributed by atoms with Gasteiger partial charge in [0, 0.05) is 35.3 Å². The molecule has 0 aromatic carbocycles. The quantitative estimate of drug-likeness (QED) is 0.383. The van der Waals surface area contributed by atoms with E-state index in [0.717, 1.165) is 24.9 Å². The Balaban J connectivity index is 1.12. The minimum atomic E-state index is -0.266. The molecule has 10 heteroatoms. The van der Waals surface area contributed by atoms with Crippen molar-refractivity contribution in [2.45, 2.75) is 45.2 Å². The average molecular weight is 532 g/mol. The molecule has 196 valence electrons. The molecule has 38 heavy (non-hydrogen) atoms. The average Bonchev–Trinajstić information content (AvgIpc) is 3.23. The molecule has 2 aromatic heterocycles. The Hall–Kier alpha value is -3.77. The number of anilines is 1. The summed E-state index contributed by atoms with van der Waals surface area (Å²) in [6.07, 6.45) is 10.5. The van der Waals surface area contributed by atoms with Crippen molar-refractivity contribution >= 4 is 29.2 Å². The first-order chi connectivity index (χ1) is 18.3. The molecule has 1 saturated heterocycles. The standard InChI is InChI=1S/C28H30ClN7O2/c1-4-21(29)7-5-18(12-30)9-19-10-22(11-19)32-27(37)24-15-36(34-33-24)17(3)20-6-8-25(31-13-20)35-14-23-16(2)26(23)28(35)38/h4-8,13,15-17,19,22-23,26H,1,9-11,14H2,2-3H3,(H,32,37)/b18-5+,21-7+. The van der Waals surface area contributed by atoms with Crippen molar-refractivity contribution in [3.8, 4) is 6.07 Å². The summed E-state index contributed by atoms with van der Waals surface area (Å²) in [6, 6.07) is 5.88. The van der Waals surface area contributed by atoms with E-state index in [1.807, 2.05) is 19.1 Å². The van der Waals surface area contributed by atoms with Crippen LogP contribution in [-0.2, 0) is 4.79 Å². The van der Waals surface area contributed by atoms with E-state index in [2.05, 4.69) is 40.2 Å². The maximum atomic E-state index is 12.7. The fourth-order valence-corrected chi connectivity index (χ4v) is 5.50. The molecule has 4 unspecified atom stereocenters. The highest BCUT2D eigenvalue weighted by atomic mass is 35.5. The highest BCUT2D eigenvalue weighted by Gasteiger charge is 2.59. The van der Waals surface area contributed by atoms with Crippen molar-refractivity contribution in [2.75, 3.05) is 11.4 Å². The number of halogens is 1. The van der Waals surface area contributed by atoms with E-state index in [1.165, 1.54) is 6.08 Å². The number of allylic oxidation sites excluding steroid dienone is 5. The smallest absolute Gasteiger partial charge is 0.273 e. The number of aromatic nitrogens is 4. The van der Waals surface area contributed by atoms with E-state index >= 15 is 0 Å².